The second kappa shape index (κ2) is 8.06. The van der Waals surface area contributed by atoms with Crippen molar-refractivity contribution in [3.63, 3.8) is 0 Å². The van der Waals surface area contributed by atoms with E-state index in [4.69, 9.17) is 0 Å². The molecule has 1 aliphatic rings. The van der Waals surface area contributed by atoms with Gasteiger partial charge in [-0.1, -0.05) is 115 Å². The molecular formula is C37H25N. The molecule has 0 bridgehead atoms. The number of hydrogen-bond donors (Lipinski definition) is 0. The minimum Gasteiger partial charge on any atom is -0.309 e. The van der Waals surface area contributed by atoms with E-state index in [-0.39, 0.29) is 0 Å². The fourth-order valence-electron chi connectivity index (χ4n) is 6.43. The first kappa shape index (κ1) is 21.2. The Kier molecular flexibility index (Phi) is 4.50. The van der Waals surface area contributed by atoms with Crippen LogP contribution in [0, 0.1) is 6.92 Å². The summed E-state index contributed by atoms with van der Waals surface area (Å²) in [6, 6.07) is 48.9. The third-order valence-electron chi connectivity index (χ3n) is 8.13. The molecule has 0 saturated heterocycles. The summed E-state index contributed by atoms with van der Waals surface area (Å²) in [6.07, 6.45) is 0. The van der Waals surface area contributed by atoms with Crippen molar-refractivity contribution in [2.75, 3.05) is 4.90 Å². The van der Waals surface area contributed by atoms with Crippen molar-refractivity contribution in [3.8, 4) is 22.3 Å². The van der Waals surface area contributed by atoms with Crippen LogP contribution in [-0.4, -0.2) is 0 Å². The lowest BCUT2D eigenvalue weighted by Crippen LogP contribution is -2.11. The fourth-order valence-corrected chi connectivity index (χ4v) is 6.43. The highest BCUT2D eigenvalue weighted by Crippen LogP contribution is 2.52. The molecule has 1 nitrogen and oxygen atoms in total. The molecule has 0 saturated carbocycles. The molecule has 38 heavy (non-hydrogen) atoms. The molecule has 0 heterocycles. The van der Waals surface area contributed by atoms with Gasteiger partial charge in [0.25, 0.3) is 0 Å². The minimum atomic E-state index is 1.19. The van der Waals surface area contributed by atoms with Gasteiger partial charge in [-0.3, -0.25) is 0 Å². The highest BCUT2D eigenvalue weighted by molar-refractivity contribution is 6.20. The van der Waals surface area contributed by atoms with E-state index in [1.54, 1.807) is 0 Å². The maximum atomic E-state index is 2.48. The van der Waals surface area contributed by atoms with Crippen LogP contribution in [-0.2, 0) is 0 Å². The Morgan fingerprint density at radius 2 is 0.895 bits per heavy atom. The molecule has 1 heteroatoms. The number of benzene rings is 7. The monoisotopic (exact) mass is 483 g/mol. The molecule has 0 atom stereocenters. The summed E-state index contributed by atoms with van der Waals surface area (Å²) in [5.74, 6) is 0. The minimum absolute atomic E-state index is 1.19. The fraction of sp³-hybridized carbons (Fsp3) is 0.0270. The van der Waals surface area contributed by atoms with Crippen molar-refractivity contribution in [2.45, 2.75) is 6.92 Å². The molecule has 0 fully saturated rings. The number of hydrogen-bond acceptors (Lipinski definition) is 1. The Balaban J connectivity index is 1.50. The molecule has 0 aliphatic heterocycles. The first-order valence-electron chi connectivity index (χ1n) is 13.2. The lowest BCUT2D eigenvalue weighted by Gasteiger charge is -2.29. The molecule has 178 valence electrons. The van der Waals surface area contributed by atoms with E-state index in [2.05, 4.69) is 145 Å². The average molecular weight is 484 g/mol. The molecule has 8 rings (SSSR count). The molecule has 0 unspecified atom stereocenters. The lowest BCUT2D eigenvalue weighted by atomic mass is 9.98. The van der Waals surface area contributed by atoms with Crippen LogP contribution >= 0.6 is 0 Å². The number of nitrogens with zero attached hydrogens (tertiary/aromatic N) is 1. The van der Waals surface area contributed by atoms with E-state index >= 15 is 0 Å². The molecule has 1 aliphatic carbocycles. The summed E-state index contributed by atoms with van der Waals surface area (Å²) in [6.45, 7) is 2.20. The quantitative estimate of drug-likeness (QED) is 0.241. The second-order valence-corrected chi connectivity index (χ2v) is 10.2. The van der Waals surface area contributed by atoms with E-state index < -0.39 is 0 Å². The van der Waals surface area contributed by atoms with Gasteiger partial charge in [0.05, 0.1) is 17.1 Å². The number of anilines is 3. The number of aryl methyl sites for hydroxylation is 1. The topological polar surface area (TPSA) is 3.24 Å². The third-order valence-corrected chi connectivity index (χ3v) is 8.13. The molecule has 7 aromatic carbocycles. The Hall–Kier alpha value is -4.88. The van der Waals surface area contributed by atoms with Gasteiger partial charge in [0.15, 0.2) is 0 Å². The maximum Gasteiger partial charge on any atom is 0.0541 e. The largest absolute Gasteiger partial charge is 0.309 e. The number of rotatable bonds is 3. The van der Waals surface area contributed by atoms with Gasteiger partial charge in [0, 0.05) is 16.2 Å². The van der Waals surface area contributed by atoms with E-state index in [0.717, 1.165) is 0 Å². The Bertz CT molecular complexity index is 2010. The van der Waals surface area contributed by atoms with Gasteiger partial charge in [-0.05, 0) is 69.1 Å². The van der Waals surface area contributed by atoms with Crippen molar-refractivity contribution >= 4 is 49.4 Å². The zero-order valence-electron chi connectivity index (χ0n) is 21.1. The van der Waals surface area contributed by atoms with Crippen LogP contribution in [0.1, 0.15) is 5.56 Å². The van der Waals surface area contributed by atoms with Crippen molar-refractivity contribution in [1.29, 1.82) is 0 Å². The standard InChI is InChI=1S/C37H25N/c1-24-10-6-17-30-26(24)16-9-21-35(30)38(34-20-7-12-25-11-2-3-13-27(25)34)36-23-22-32-29-15-5-4-14-28(29)31-18-8-19-33(36)37(31)32/h2-23H,1H3. The molecule has 0 amide bonds. The van der Waals surface area contributed by atoms with Crippen molar-refractivity contribution in [2.24, 2.45) is 0 Å². The van der Waals surface area contributed by atoms with Gasteiger partial charge in [0.2, 0.25) is 0 Å². The van der Waals surface area contributed by atoms with Gasteiger partial charge >= 0.3 is 0 Å². The summed E-state index contributed by atoms with van der Waals surface area (Å²) in [7, 11) is 0. The molecule has 0 N–H and O–H groups in total. The predicted octanol–water partition coefficient (Wildman–Crippen LogP) is 10.6. The lowest BCUT2D eigenvalue weighted by molar-refractivity contribution is 1.33. The zero-order valence-corrected chi connectivity index (χ0v) is 21.1. The molecular weight excluding hydrogens is 458 g/mol. The number of fused-ring (bicyclic) bond motifs is 5. The summed E-state index contributed by atoms with van der Waals surface area (Å²) in [4.78, 5) is 2.48. The van der Waals surface area contributed by atoms with Crippen molar-refractivity contribution in [1.82, 2.24) is 0 Å². The highest BCUT2D eigenvalue weighted by atomic mass is 15.1. The normalized spacial score (nSPS) is 11.8. The van der Waals surface area contributed by atoms with Gasteiger partial charge in [-0.15, -0.1) is 0 Å². The van der Waals surface area contributed by atoms with Gasteiger partial charge in [-0.25, -0.2) is 0 Å². The molecule has 7 aromatic rings. The van der Waals surface area contributed by atoms with Crippen LogP contribution in [0.15, 0.2) is 133 Å². The van der Waals surface area contributed by atoms with Crippen molar-refractivity contribution in [3.05, 3.63) is 139 Å². The van der Waals surface area contributed by atoms with Crippen LogP contribution in [0.2, 0.25) is 0 Å². The first-order valence-corrected chi connectivity index (χ1v) is 13.2. The molecule has 0 spiro atoms. The van der Waals surface area contributed by atoms with Gasteiger partial charge < -0.3 is 4.90 Å². The summed E-state index contributed by atoms with van der Waals surface area (Å²) in [5, 5.41) is 7.64. The smallest absolute Gasteiger partial charge is 0.0541 e. The van der Waals surface area contributed by atoms with Crippen LogP contribution in [0.4, 0.5) is 17.1 Å². The summed E-state index contributed by atoms with van der Waals surface area (Å²) >= 11 is 0. The van der Waals surface area contributed by atoms with Gasteiger partial charge in [-0.2, -0.15) is 0 Å². The Labute approximate surface area is 222 Å². The maximum absolute atomic E-state index is 2.48. The first-order chi connectivity index (χ1) is 18.8. The molecule has 0 aromatic heterocycles. The Morgan fingerprint density at radius 3 is 1.76 bits per heavy atom. The predicted molar refractivity (Wildman–Crippen MR) is 163 cm³/mol. The van der Waals surface area contributed by atoms with Crippen LogP contribution in [0.5, 0.6) is 0 Å². The van der Waals surface area contributed by atoms with E-state index in [1.807, 2.05) is 0 Å². The van der Waals surface area contributed by atoms with Gasteiger partial charge in [0.1, 0.15) is 0 Å². The average Bonchev–Trinajstić information content (AvgIpc) is 3.30. The van der Waals surface area contributed by atoms with E-state index in [0.29, 0.717) is 0 Å². The second-order valence-electron chi connectivity index (χ2n) is 10.2. The van der Waals surface area contributed by atoms with E-state index in [9.17, 15) is 0 Å². The van der Waals surface area contributed by atoms with Crippen LogP contribution in [0.25, 0.3) is 54.6 Å². The highest BCUT2D eigenvalue weighted by Gasteiger charge is 2.25. The van der Waals surface area contributed by atoms with Crippen LogP contribution < -0.4 is 4.90 Å². The summed E-state index contributed by atoms with van der Waals surface area (Å²) in [5.41, 5.74) is 10.2. The van der Waals surface area contributed by atoms with E-state index in [1.165, 1.54) is 77.2 Å². The van der Waals surface area contributed by atoms with Crippen molar-refractivity contribution < 1.29 is 0 Å². The van der Waals surface area contributed by atoms with Crippen LogP contribution in [0.3, 0.4) is 0 Å². The molecule has 0 radical (unpaired) electrons. The summed E-state index contributed by atoms with van der Waals surface area (Å²) < 4.78 is 0. The SMILES string of the molecule is Cc1cccc2c(N(c3cccc4ccccc34)c3ccc4c5c(cccc35)-c3ccccc3-4)cccc12. The zero-order chi connectivity index (χ0) is 25.2. The Morgan fingerprint density at radius 1 is 0.368 bits per heavy atom. The third kappa shape index (κ3) is 2.93.